The van der Waals surface area contributed by atoms with Crippen LogP contribution >= 0.6 is 0 Å². The maximum absolute atomic E-state index is 13.1. The second-order valence-electron chi connectivity index (χ2n) is 7.31. The van der Waals surface area contributed by atoms with Crippen molar-refractivity contribution in [2.24, 2.45) is 5.92 Å². The molecule has 0 aliphatic rings. The third kappa shape index (κ3) is 5.83. The van der Waals surface area contributed by atoms with E-state index in [0.29, 0.717) is 29.8 Å². The van der Waals surface area contributed by atoms with E-state index in [1.54, 1.807) is 6.07 Å². The van der Waals surface area contributed by atoms with Gasteiger partial charge in [-0.25, -0.2) is 9.97 Å². The van der Waals surface area contributed by atoms with Crippen molar-refractivity contribution in [1.29, 1.82) is 0 Å². The van der Waals surface area contributed by atoms with Gasteiger partial charge in [0.15, 0.2) is 0 Å². The van der Waals surface area contributed by atoms with Crippen LogP contribution in [0.2, 0.25) is 0 Å². The summed E-state index contributed by atoms with van der Waals surface area (Å²) in [4.78, 5) is 23.7. The molecule has 1 aromatic carbocycles. The molecule has 5 nitrogen and oxygen atoms in total. The third-order valence-corrected chi connectivity index (χ3v) is 4.16. The number of aromatic nitrogens is 2. The zero-order chi connectivity index (χ0) is 19.1. The number of carbonyl (C=O) groups is 1. The topological polar surface area (TPSA) is 58.1 Å². The van der Waals surface area contributed by atoms with E-state index < -0.39 is 0 Å². The van der Waals surface area contributed by atoms with E-state index in [1.807, 2.05) is 56.0 Å². The summed E-state index contributed by atoms with van der Waals surface area (Å²) in [5.41, 5.74) is 1.55. The second-order valence-corrected chi connectivity index (χ2v) is 7.31. The number of anilines is 1. The number of carbonyl (C=O) groups excluding carboxylic acids is 1. The molecule has 0 aliphatic heterocycles. The molecule has 1 aromatic heterocycles. The minimum Gasteiger partial charge on any atom is -0.370 e. The predicted octanol–water partition coefficient (Wildman–Crippen LogP) is 4.29. The maximum atomic E-state index is 13.1. The van der Waals surface area contributed by atoms with Crippen molar-refractivity contribution < 1.29 is 4.79 Å². The van der Waals surface area contributed by atoms with E-state index in [0.717, 1.165) is 18.5 Å². The van der Waals surface area contributed by atoms with Crippen LogP contribution < -0.4 is 5.32 Å². The molecule has 140 valence electrons. The zero-order valence-corrected chi connectivity index (χ0v) is 16.5. The largest absolute Gasteiger partial charge is 0.370 e. The first-order chi connectivity index (χ1) is 12.4. The van der Waals surface area contributed by atoms with Gasteiger partial charge in [-0.05, 0) is 38.7 Å². The van der Waals surface area contributed by atoms with Gasteiger partial charge in [0.1, 0.15) is 17.3 Å². The first-order valence-corrected chi connectivity index (χ1v) is 9.31. The Balaban J connectivity index is 2.18. The van der Waals surface area contributed by atoms with Crippen LogP contribution in [-0.2, 0) is 6.54 Å². The molecule has 0 saturated heterocycles. The number of hydrogen-bond acceptors (Lipinski definition) is 4. The zero-order valence-electron chi connectivity index (χ0n) is 16.5. The smallest absolute Gasteiger partial charge is 0.273 e. The summed E-state index contributed by atoms with van der Waals surface area (Å²) in [6.45, 7) is 11.6. The molecule has 5 heteroatoms. The lowest BCUT2D eigenvalue weighted by molar-refractivity contribution is 0.0684. The van der Waals surface area contributed by atoms with E-state index in [2.05, 4.69) is 29.1 Å². The van der Waals surface area contributed by atoms with Crippen LogP contribution in [0.4, 0.5) is 5.82 Å². The monoisotopic (exact) mass is 354 g/mol. The Hall–Kier alpha value is -2.43. The number of hydrogen-bond donors (Lipinski definition) is 1. The fourth-order valence-corrected chi connectivity index (χ4v) is 2.67. The van der Waals surface area contributed by atoms with Gasteiger partial charge in [-0.3, -0.25) is 4.79 Å². The van der Waals surface area contributed by atoms with Crippen molar-refractivity contribution in [3.8, 4) is 0 Å². The van der Waals surface area contributed by atoms with Crippen LogP contribution in [-0.4, -0.2) is 33.4 Å². The van der Waals surface area contributed by atoms with Crippen LogP contribution in [0.5, 0.6) is 0 Å². The molecule has 0 radical (unpaired) electrons. The van der Waals surface area contributed by atoms with Gasteiger partial charge >= 0.3 is 0 Å². The molecule has 2 rings (SSSR count). The Bertz CT molecular complexity index is 713. The van der Waals surface area contributed by atoms with Crippen LogP contribution in [0.15, 0.2) is 36.4 Å². The lowest BCUT2D eigenvalue weighted by Gasteiger charge is -2.27. The molecule has 1 heterocycles. The summed E-state index contributed by atoms with van der Waals surface area (Å²) in [6, 6.07) is 11.9. The van der Waals surface area contributed by atoms with E-state index >= 15 is 0 Å². The first kappa shape index (κ1) is 19.9. The van der Waals surface area contributed by atoms with Gasteiger partial charge < -0.3 is 10.2 Å². The van der Waals surface area contributed by atoms with Crippen molar-refractivity contribution in [2.75, 3.05) is 11.9 Å². The highest BCUT2D eigenvalue weighted by atomic mass is 16.2. The SMILES string of the molecule is Cc1nc(NCCC(C)C)cc(C(=O)N(Cc2ccccc2)C(C)C)n1. The van der Waals surface area contributed by atoms with E-state index in [-0.39, 0.29) is 11.9 Å². The van der Waals surface area contributed by atoms with Crippen molar-refractivity contribution in [1.82, 2.24) is 14.9 Å². The predicted molar refractivity (Wildman–Crippen MR) is 106 cm³/mol. The van der Waals surface area contributed by atoms with Gasteiger partial charge in [-0.15, -0.1) is 0 Å². The van der Waals surface area contributed by atoms with Crippen molar-refractivity contribution >= 4 is 11.7 Å². The molecule has 0 atom stereocenters. The molecule has 0 fully saturated rings. The lowest BCUT2D eigenvalue weighted by atomic mass is 10.1. The Kier molecular flexibility index (Phi) is 7.13. The van der Waals surface area contributed by atoms with Gasteiger partial charge in [0, 0.05) is 25.2 Å². The molecule has 2 aromatic rings. The van der Waals surface area contributed by atoms with Crippen molar-refractivity contribution in [3.63, 3.8) is 0 Å². The average Bonchev–Trinajstić information content (AvgIpc) is 2.59. The van der Waals surface area contributed by atoms with E-state index in [1.165, 1.54) is 0 Å². The van der Waals surface area contributed by atoms with Crippen molar-refractivity contribution in [2.45, 2.75) is 53.6 Å². The summed E-state index contributed by atoms with van der Waals surface area (Å²) in [7, 11) is 0. The minimum absolute atomic E-state index is 0.0683. The third-order valence-electron chi connectivity index (χ3n) is 4.16. The molecule has 26 heavy (non-hydrogen) atoms. The highest BCUT2D eigenvalue weighted by Crippen LogP contribution is 2.15. The number of aryl methyl sites for hydroxylation is 1. The molecule has 1 N–H and O–H groups in total. The lowest BCUT2D eigenvalue weighted by Crippen LogP contribution is -2.37. The Morgan fingerprint density at radius 1 is 1.12 bits per heavy atom. The van der Waals surface area contributed by atoms with Crippen LogP contribution in [0, 0.1) is 12.8 Å². The Morgan fingerprint density at radius 2 is 1.81 bits per heavy atom. The highest BCUT2D eigenvalue weighted by molar-refractivity contribution is 5.93. The second kappa shape index (κ2) is 9.32. The molecule has 1 amide bonds. The molecular weight excluding hydrogens is 324 g/mol. The molecular formula is C21H30N4O. The van der Waals surface area contributed by atoms with Crippen LogP contribution in [0.25, 0.3) is 0 Å². The molecule has 0 unspecified atom stereocenters. The number of nitrogens with zero attached hydrogens (tertiary/aromatic N) is 3. The quantitative estimate of drug-likeness (QED) is 0.768. The van der Waals surface area contributed by atoms with E-state index in [9.17, 15) is 4.79 Å². The Morgan fingerprint density at radius 3 is 2.42 bits per heavy atom. The maximum Gasteiger partial charge on any atom is 0.273 e. The van der Waals surface area contributed by atoms with Crippen molar-refractivity contribution in [3.05, 3.63) is 53.5 Å². The van der Waals surface area contributed by atoms with Gasteiger partial charge in [0.25, 0.3) is 5.91 Å². The molecule has 0 bridgehead atoms. The number of nitrogens with one attached hydrogen (secondary N) is 1. The molecule has 0 saturated carbocycles. The number of amides is 1. The minimum atomic E-state index is -0.0683. The standard InChI is InChI=1S/C21H30N4O/c1-15(2)11-12-22-20-13-19(23-17(5)24-20)21(26)25(16(3)4)14-18-9-7-6-8-10-18/h6-10,13,15-16H,11-12,14H2,1-5H3,(H,22,23,24). The fraction of sp³-hybridized carbons (Fsp3) is 0.476. The van der Waals surface area contributed by atoms with E-state index in [4.69, 9.17) is 0 Å². The summed E-state index contributed by atoms with van der Waals surface area (Å²) in [6.07, 6.45) is 1.05. The number of rotatable bonds is 8. The fourth-order valence-electron chi connectivity index (χ4n) is 2.67. The highest BCUT2D eigenvalue weighted by Gasteiger charge is 2.21. The normalized spacial score (nSPS) is 11.0. The van der Waals surface area contributed by atoms with Gasteiger partial charge in [0.2, 0.25) is 0 Å². The summed E-state index contributed by atoms with van der Waals surface area (Å²) in [5, 5.41) is 3.31. The van der Waals surface area contributed by atoms with Crippen LogP contribution in [0.1, 0.15) is 56.0 Å². The Labute approximate surface area is 156 Å². The van der Waals surface area contributed by atoms with Gasteiger partial charge in [-0.1, -0.05) is 44.2 Å². The summed E-state index contributed by atoms with van der Waals surface area (Å²) in [5.74, 6) is 1.87. The van der Waals surface area contributed by atoms with Gasteiger partial charge in [0.05, 0.1) is 0 Å². The summed E-state index contributed by atoms with van der Waals surface area (Å²) < 4.78 is 0. The summed E-state index contributed by atoms with van der Waals surface area (Å²) >= 11 is 0. The number of benzene rings is 1. The van der Waals surface area contributed by atoms with Gasteiger partial charge in [-0.2, -0.15) is 0 Å². The average molecular weight is 354 g/mol. The molecule has 0 spiro atoms. The first-order valence-electron chi connectivity index (χ1n) is 9.31. The van der Waals surface area contributed by atoms with Crippen LogP contribution in [0.3, 0.4) is 0 Å². The molecule has 0 aliphatic carbocycles.